The lowest BCUT2D eigenvalue weighted by atomic mass is 9.91. The van der Waals surface area contributed by atoms with Crippen LogP contribution in [0, 0.1) is 11.8 Å². The first-order chi connectivity index (χ1) is 5.45. The topological polar surface area (TPSA) is 52.0 Å². The number of nitrogens with one attached hydrogen (secondary N) is 1. The fourth-order valence-corrected chi connectivity index (χ4v) is 1.02. The van der Waals surface area contributed by atoms with Gasteiger partial charge in [0, 0.05) is 10.8 Å². The second kappa shape index (κ2) is 5.14. The molecule has 0 radical (unpaired) electrons. The minimum absolute atomic E-state index is 0.165. The molecule has 3 N–H and O–H groups in total. The highest BCUT2D eigenvalue weighted by Crippen LogP contribution is 2.13. The molecule has 72 valence electrons. The van der Waals surface area contributed by atoms with E-state index in [9.17, 15) is 4.79 Å². The van der Waals surface area contributed by atoms with Gasteiger partial charge in [0.2, 0.25) is 0 Å². The van der Waals surface area contributed by atoms with Crippen molar-refractivity contribution in [1.29, 1.82) is 0 Å². The zero-order valence-corrected chi connectivity index (χ0v) is 8.35. The van der Waals surface area contributed by atoms with Gasteiger partial charge >= 0.3 is 5.97 Å². The van der Waals surface area contributed by atoms with E-state index in [1.54, 1.807) is 0 Å². The van der Waals surface area contributed by atoms with Crippen molar-refractivity contribution in [2.45, 2.75) is 33.7 Å². The van der Waals surface area contributed by atoms with E-state index < -0.39 is 5.97 Å². The van der Waals surface area contributed by atoms with E-state index in [2.05, 4.69) is 26.1 Å². The zero-order chi connectivity index (χ0) is 9.72. The molecule has 0 aromatic rings. The predicted molar refractivity (Wildman–Crippen MR) is 50.1 cm³/mol. The third-order valence-corrected chi connectivity index (χ3v) is 2.42. The summed E-state index contributed by atoms with van der Waals surface area (Å²) in [7, 11) is 0. The smallest absolute Gasteiger partial charge is 0.529 e. The predicted octanol–water partition coefficient (Wildman–Crippen LogP) is 0.508. The van der Waals surface area contributed by atoms with Crippen LogP contribution in [0.3, 0.4) is 0 Å². The largest absolute Gasteiger partial charge is 0.564 e. The minimum Gasteiger partial charge on any atom is -0.564 e. The average Bonchev–Trinajstić information content (AvgIpc) is 1.98. The second-order valence-corrected chi connectivity index (χ2v) is 3.70. The molecule has 0 aliphatic rings. The molecular formula is C9H20NO2+. The Morgan fingerprint density at radius 1 is 1.33 bits per heavy atom. The van der Waals surface area contributed by atoms with Crippen molar-refractivity contribution < 1.29 is 9.90 Å². The van der Waals surface area contributed by atoms with Crippen LogP contribution in [0.5, 0.6) is 0 Å². The van der Waals surface area contributed by atoms with E-state index >= 15 is 0 Å². The molecule has 0 bridgehead atoms. The maximum Gasteiger partial charge on any atom is 0.529 e. The van der Waals surface area contributed by atoms with E-state index in [4.69, 9.17) is 5.11 Å². The highest BCUT2D eigenvalue weighted by atomic mass is 16.4. The van der Waals surface area contributed by atoms with Crippen LogP contribution in [0.2, 0.25) is 0 Å². The van der Waals surface area contributed by atoms with E-state index in [1.165, 1.54) is 0 Å². The summed E-state index contributed by atoms with van der Waals surface area (Å²) in [5.74, 6) is 0.593. The Morgan fingerprint density at radius 2 is 1.83 bits per heavy atom. The number of carbonyl (C=O) groups excluding carboxylic acids is 1. The molecule has 0 aliphatic heterocycles. The lowest BCUT2D eigenvalue weighted by Crippen LogP contribution is -2.37. The van der Waals surface area contributed by atoms with Crippen molar-refractivity contribution in [2.75, 3.05) is 6.54 Å². The quantitative estimate of drug-likeness (QED) is 0.617. The minimum atomic E-state index is -0.544. The van der Waals surface area contributed by atoms with Crippen LogP contribution in [-0.4, -0.2) is 23.7 Å². The molecule has 3 nitrogen and oxygen atoms in total. The molecule has 0 fully saturated rings. The van der Waals surface area contributed by atoms with Crippen molar-refractivity contribution in [3.63, 3.8) is 0 Å². The maximum absolute atomic E-state index is 10.3. The zero-order valence-electron chi connectivity index (χ0n) is 8.35. The molecule has 12 heavy (non-hydrogen) atoms. The maximum atomic E-state index is 10.3. The summed E-state index contributed by atoms with van der Waals surface area (Å²) in [4.78, 5) is 10.3. The Kier molecular flexibility index (Phi) is 4.90. The average molecular weight is 174 g/mol. The Hall–Kier alpha value is -0.570. The monoisotopic (exact) mass is 174 g/mol. The van der Waals surface area contributed by atoms with Gasteiger partial charge in [0.15, 0.2) is 6.54 Å². The van der Waals surface area contributed by atoms with Gasteiger partial charge in [-0.1, -0.05) is 20.8 Å². The van der Waals surface area contributed by atoms with Gasteiger partial charge in [0.25, 0.3) is 0 Å². The van der Waals surface area contributed by atoms with Gasteiger partial charge in [0.1, 0.15) is 0 Å². The summed E-state index contributed by atoms with van der Waals surface area (Å²) in [6.45, 7) is 8.68. The van der Waals surface area contributed by atoms with E-state index in [-0.39, 0.29) is 6.54 Å². The third-order valence-electron chi connectivity index (χ3n) is 2.42. The first kappa shape index (κ1) is 11.4. The highest BCUT2D eigenvalue weighted by Gasteiger charge is 2.17. The fraction of sp³-hybridized carbons (Fsp3) is 0.889. The molecule has 0 spiro atoms. The Balaban J connectivity index is 3.71. The van der Waals surface area contributed by atoms with Crippen molar-refractivity contribution in [1.82, 2.24) is 5.32 Å². The van der Waals surface area contributed by atoms with Gasteiger partial charge in [0.05, 0.1) is 0 Å². The van der Waals surface area contributed by atoms with E-state index in [1.807, 2.05) is 6.92 Å². The molecule has 0 heterocycles. The molecule has 0 amide bonds. The van der Waals surface area contributed by atoms with Gasteiger partial charge in [-0.05, 0) is 18.8 Å². The molecule has 0 saturated carbocycles. The summed E-state index contributed by atoms with van der Waals surface area (Å²) < 4.78 is 0. The summed E-state index contributed by atoms with van der Waals surface area (Å²) >= 11 is 0. The molecule has 0 aromatic heterocycles. The second-order valence-electron chi connectivity index (χ2n) is 3.70. The van der Waals surface area contributed by atoms with Crippen LogP contribution in [0.25, 0.3) is 0 Å². The first-order valence-electron chi connectivity index (χ1n) is 4.43. The molecule has 0 rings (SSSR count). The molecule has 0 aliphatic carbocycles. The molecule has 3 heteroatoms. The van der Waals surface area contributed by atoms with Crippen molar-refractivity contribution in [2.24, 2.45) is 11.8 Å². The fourth-order valence-electron chi connectivity index (χ4n) is 1.02. The lowest BCUT2D eigenvalue weighted by Gasteiger charge is -2.23. The summed E-state index contributed by atoms with van der Waals surface area (Å²) in [6.07, 6.45) is 0. The summed E-state index contributed by atoms with van der Waals surface area (Å²) in [5.41, 5.74) is 0. The van der Waals surface area contributed by atoms with E-state index in [0.29, 0.717) is 17.9 Å². The van der Waals surface area contributed by atoms with Crippen molar-refractivity contribution >= 4 is 5.97 Å². The molecule has 0 saturated heterocycles. The summed E-state index contributed by atoms with van der Waals surface area (Å²) in [6, 6.07) is 0.305. The molecular weight excluding hydrogens is 154 g/mol. The van der Waals surface area contributed by atoms with Crippen LogP contribution < -0.4 is 5.32 Å². The van der Waals surface area contributed by atoms with Crippen LogP contribution in [0.4, 0.5) is 0 Å². The Bertz CT molecular complexity index is 145. The van der Waals surface area contributed by atoms with Gasteiger partial charge in [-0.15, -0.1) is 0 Å². The van der Waals surface area contributed by atoms with Gasteiger partial charge in [-0.2, -0.15) is 0 Å². The Morgan fingerprint density at radius 3 is 2.17 bits per heavy atom. The van der Waals surface area contributed by atoms with Crippen LogP contribution in [0.15, 0.2) is 0 Å². The summed E-state index contributed by atoms with van der Waals surface area (Å²) in [5, 5.41) is 9.74. The molecule has 2 unspecified atom stereocenters. The highest BCUT2D eigenvalue weighted by molar-refractivity contribution is 5.69. The normalized spacial score (nSPS) is 16.1. The van der Waals surface area contributed by atoms with E-state index in [0.717, 1.165) is 0 Å². The molecule has 0 aromatic carbocycles. The third kappa shape index (κ3) is 4.34. The number of rotatable bonds is 5. The number of hydrogen-bond donors (Lipinski definition) is 1. The SMILES string of the molecule is CC(C)C(C)C(C)NCC(=O)[OH2+]. The van der Waals surface area contributed by atoms with Crippen LogP contribution in [-0.2, 0) is 4.79 Å². The van der Waals surface area contributed by atoms with Crippen molar-refractivity contribution in [3.05, 3.63) is 0 Å². The standard InChI is InChI=1S/C9H19NO2/c1-6(2)7(3)8(4)10-5-9(11)12/h6-8,10H,5H2,1-4H3,(H,11,12)/p+1. The first-order valence-corrected chi connectivity index (χ1v) is 4.43. The number of carbonyl (C=O) groups is 1. The van der Waals surface area contributed by atoms with Crippen LogP contribution >= 0.6 is 0 Å². The lowest BCUT2D eigenvalue weighted by molar-refractivity contribution is -0.136. The van der Waals surface area contributed by atoms with Crippen molar-refractivity contribution in [3.8, 4) is 0 Å². The van der Waals surface area contributed by atoms with Gasteiger partial charge in [-0.3, -0.25) is 5.32 Å². The van der Waals surface area contributed by atoms with Gasteiger partial charge < -0.3 is 5.11 Å². The molecule has 2 atom stereocenters. The number of hydrogen-bond acceptors (Lipinski definition) is 2. The van der Waals surface area contributed by atoms with Gasteiger partial charge in [-0.25, -0.2) is 0 Å². The van der Waals surface area contributed by atoms with Crippen LogP contribution in [0.1, 0.15) is 27.7 Å². The Labute approximate surface area is 74.2 Å².